The molecule has 6 aromatic rings. The van der Waals surface area contributed by atoms with Crippen LogP contribution in [0.2, 0.25) is 0 Å². The minimum atomic E-state index is -0.393. The number of carbonyl (C=O) groups is 1. The molecule has 0 aliphatic rings. The van der Waals surface area contributed by atoms with Crippen LogP contribution in [-0.2, 0) is 6.61 Å². The summed E-state index contributed by atoms with van der Waals surface area (Å²) in [4.78, 5) is 13.1. The maximum Gasteiger partial charge on any atom is 0.291 e. The average molecular weight is 616 g/mol. The van der Waals surface area contributed by atoms with E-state index in [1.54, 1.807) is 12.3 Å². The topological polar surface area (TPSA) is 68.5 Å². The van der Waals surface area contributed by atoms with Gasteiger partial charge in [0.05, 0.1) is 17.6 Å². The number of nitrogens with one attached hydrogen (secondary N) is 1. The lowest BCUT2D eigenvalue weighted by molar-refractivity contribution is 0.0949. The van der Waals surface area contributed by atoms with Crippen LogP contribution < -0.4 is 10.2 Å². The van der Waals surface area contributed by atoms with E-state index in [-0.39, 0.29) is 5.69 Å². The van der Waals surface area contributed by atoms with E-state index in [1.165, 1.54) is 0 Å². The molecule has 1 aromatic heterocycles. The van der Waals surface area contributed by atoms with Crippen LogP contribution >= 0.6 is 15.9 Å². The summed E-state index contributed by atoms with van der Waals surface area (Å²) in [5, 5.41) is 11.1. The number of halogens is 1. The lowest BCUT2D eigenvalue weighted by atomic mass is 10.0. The number of rotatable bonds is 8. The molecule has 1 amide bonds. The number of para-hydroxylation sites is 1. The van der Waals surface area contributed by atoms with Gasteiger partial charge in [-0.1, -0.05) is 82.7 Å². The van der Waals surface area contributed by atoms with E-state index >= 15 is 0 Å². The molecule has 7 heteroatoms. The highest BCUT2D eigenvalue weighted by atomic mass is 79.9. The Morgan fingerprint density at radius 2 is 1.62 bits per heavy atom. The fourth-order valence-electron chi connectivity index (χ4n) is 4.65. The van der Waals surface area contributed by atoms with E-state index in [1.807, 2.05) is 96.5 Å². The van der Waals surface area contributed by atoms with Gasteiger partial charge in [-0.2, -0.15) is 10.2 Å². The molecule has 0 fully saturated rings. The van der Waals surface area contributed by atoms with E-state index in [0.29, 0.717) is 6.61 Å². The average Bonchev–Trinajstić information content (AvgIpc) is 3.47. The van der Waals surface area contributed by atoms with Crippen LogP contribution in [0.1, 0.15) is 27.2 Å². The number of benzene rings is 5. The third-order valence-corrected chi connectivity index (χ3v) is 7.44. The molecule has 0 aliphatic carbocycles. The van der Waals surface area contributed by atoms with Gasteiger partial charge in [0.1, 0.15) is 12.4 Å². The third kappa shape index (κ3) is 6.16. The highest BCUT2D eigenvalue weighted by Crippen LogP contribution is 2.28. The number of nitrogens with zero attached hydrogens (tertiary/aromatic N) is 3. The minimum absolute atomic E-state index is 0.273. The fraction of sp³-hybridized carbons (Fsp3) is 0.0571. The molecule has 0 bridgehead atoms. The van der Waals surface area contributed by atoms with Crippen LogP contribution in [0, 0.1) is 6.92 Å². The van der Waals surface area contributed by atoms with Gasteiger partial charge >= 0.3 is 0 Å². The summed E-state index contributed by atoms with van der Waals surface area (Å²) >= 11 is 3.44. The Kier molecular flexibility index (Phi) is 7.92. The van der Waals surface area contributed by atoms with Crippen molar-refractivity contribution < 1.29 is 9.53 Å². The Morgan fingerprint density at radius 3 is 2.40 bits per heavy atom. The smallest absolute Gasteiger partial charge is 0.291 e. The second-order valence-electron chi connectivity index (χ2n) is 9.86. The summed E-state index contributed by atoms with van der Waals surface area (Å²) in [6.45, 7) is 2.51. The molecule has 0 spiro atoms. The van der Waals surface area contributed by atoms with Gasteiger partial charge in [0.25, 0.3) is 5.91 Å². The summed E-state index contributed by atoms with van der Waals surface area (Å²) in [7, 11) is 0. The second-order valence-corrected chi connectivity index (χ2v) is 10.8. The summed E-state index contributed by atoms with van der Waals surface area (Å²) in [5.41, 5.74) is 8.55. The van der Waals surface area contributed by atoms with Crippen molar-refractivity contribution in [2.45, 2.75) is 13.5 Å². The quantitative estimate of drug-likeness (QED) is 0.139. The van der Waals surface area contributed by atoms with E-state index in [2.05, 4.69) is 56.8 Å². The summed E-state index contributed by atoms with van der Waals surface area (Å²) in [6.07, 6.45) is 1.60. The SMILES string of the molecule is Cc1ccccc1-n1nc(C(=O)N/N=C\c2ccc(OCc3ccc(Br)cc3)cc2)cc1-c1ccc2ccccc2c1. The Bertz CT molecular complexity index is 1890. The normalized spacial score (nSPS) is 11.2. The first-order valence-electron chi connectivity index (χ1n) is 13.5. The van der Waals surface area contributed by atoms with E-state index in [4.69, 9.17) is 9.84 Å². The lowest BCUT2D eigenvalue weighted by Crippen LogP contribution is -2.18. The Hall–Kier alpha value is -5.01. The largest absolute Gasteiger partial charge is 0.489 e. The van der Waals surface area contributed by atoms with Crippen molar-refractivity contribution >= 4 is 38.8 Å². The fourth-order valence-corrected chi connectivity index (χ4v) is 4.92. The van der Waals surface area contributed by atoms with Crippen LogP contribution in [0.4, 0.5) is 0 Å². The molecule has 0 atom stereocenters. The maximum absolute atomic E-state index is 13.1. The van der Waals surface area contributed by atoms with Gasteiger partial charge in [-0.05, 0) is 89.0 Å². The summed E-state index contributed by atoms with van der Waals surface area (Å²) in [5.74, 6) is 0.358. The first-order valence-corrected chi connectivity index (χ1v) is 14.3. The number of aromatic nitrogens is 2. The van der Waals surface area contributed by atoms with E-state index < -0.39 is 5.91 Å². The molecule has 0 aliphatic heterocycles. The van der Waals surface area contributed by atoms with Gasteiger partial charge in [-0.25, -0.2) is 10.1 Å². The maximum atomic E-state index is 13.1. The number of fused-ring (bicyclic) bond motifs is 1. The van der Waals surface area contributed by atoms with E-state index in [9.17, 15) is 4.79 Å². The van der Waals surface area contributed by atoms with Crippen molar-refractivity contribution in [3.63, 3.8) is 0 Å². The zero-order valence-corrected chi connectivity index (χ0v) is 24.5. The molecule has 5 aromatic carbocycles. The zero-order valence-electron chi connectivity index (χ0n) is 22.9. The van der Waals surface area contributed by atoms with Crippen LogP contribution in [-0.4, -0.2) is 21.9 Å². The first kappa shape index (κ1) is 27.2. The number of hydrogen-bond acceptors (Lipinski definition) is 4. The molecule has 0 unspecified atom stereocenters. The molecule has 6 rings (SSSR count). The van der Waals surface area contributed by atoms with Crippen LogP contribution in [0.25, 0.3) is 27.7 Å². The zero-order chi connectivity index (χ0) is 28.9. The van der Waals surface area contributed by atoms with Crippen LogP contribution in [0.3, 0.4) is 0 Å². The molecule has 0 radical (unpaired) electrons. The van der Waals surface area contributed by atoms with Gasteiger partial charge in [-0.15, -0.1) is 0 Å². The molecule has 42 heavy (non-hydrogen) atoms. The van der Waals surface area contributed by atoms with Crippen molar-refractivity contribution in [2.24, 2.45) is 5.10 Å². The van der Waals surface area contributed by atoms with Gasteiger partial charge in [0, 0.05) is 10.0 Å². The highest BCUT2D eigenvalue weighted by molar-refractivity contribution is 9.10. The number of amides is 1. The Labute approximate surface area is 252 Å². The second kappa shape index (κ2) is 12.2. The summed E-state index contributed by atoms with van der Waals surface area (Å²) in [6, 6.07) is 39.8. The first-order chi connectivity index (χ1) is 20.5. The Balaban J connectivity index is 1.18. The molecule has 1 heterocycles. The predicted molar refractivity (Wildman–Crippen MR) is 171 cm³/mol. The Morgan fingerprint density at radius 1 is 0.881 bits per heavy atom. The molecule has 206 valence electrons. The van der Waals surface area contributed by atoms with Crippen molar-refractivity contribution in [1.82, 2.24) is 15.2 Å². The number of carbonyl (C=O) groups excluding carboxylic acids is 1. The number of aryl methyl sites for hydroxylation is 1. The predicted octanol–water partition coefficient (Wildman–Crippen LogP) is 8.11. The van der Waals surface area contributed by atoms with Gasteiger partial charge in [0.15, 0.2) is 5.69 Å². The molecule has 6 nitrogen and oxygen atoms in total. The number of ether oxygens (including phenoxy) is 1. The molecule has 1 N–H and O–H groups in total. The van der Waals surface area contributed by atoms with Gasteiger partial charge in [-0.3, -0.25) is 4.79 Å². The van der Waals surface area contributed by atoms with Gasteiger partial charge < -0.3 is 4.74 Å². The monoisotopic (exact) mass is 614 g/mol. The number of hydrazone groups is 1. The van der Waals surface area contributed by atoms with Crippen molar-refractivity contribution in [3.8, 4) is 22.7 Å². The lowest BCUT2D eigenvalue weighted by Gasteiger charge is -2.11. The third-order valence-electron chi connectivity index (χ3n) is 6.91. The number of hydrogen-bond donors (Lipinski definition) is 1. The standard InChI is InChI=1S/C35H27BrN4O2/c1-24-6-2-5-9-33(24)40-34(29-15-14-27-7-3-4-8-28(27)20-29)21-32(39-40)35(41)38-37-22-25-12-18-31(19-13-25)42-23-26-10-16-30(36)17-11-26/h2-22H,23H2,1H3,(H,38,41)/b37-22-. The highest BCUT2D eigenvalue weighted by Gasteiger charge is 2.18. The minimum Gasteiger partial charge on any atom is -0.489 e. The summed E-state index contributed by atoms with van der Waals surface area (Å²) < 4.78 is 8.72. The van der Waals surface area contributed by atoms with E-state index in [0.717, 1.165) is 54.6 Å². The molecular formula is C35H27BrN4O2. The van der Waals surface area contributed by atoms with Crippen molar-refractivity contribution in [3.05, 3.63) is 148 Å². The van der Waals surface area contributed by atoms with Crippen LogP contribution in [0.5, 0.6) is 5.75 Å². The van der Waals surface area contributed by atoms with Crippen molar-refractivity contribution in [2.75, 3.05) is 0 Å². The van der Waals surface area contributed by atoms with Crippen molar-refractivity contribution in [1.29, 1.82) is 0 Å². The van der Waals surface area contributed by atoms with Gasteiger partial charge in [0.2, 0.25) is 0 Å². The molecular weight excluding hydrogens is 588 g/mol. The molecule has 0 saturated heterocycles. The van der Waals surface area contributed by atoms with Crippen LogP contribution in [0.15, 0.2) is 131 Å². The molecule has 0 saturated carbocycles.